The number of benzene rings is 1. The molecular formula is C14H13N5. The maximum absolute atomic E-state index is 6.50. The number of rotatable bonds is 2. The summed E-state index contributed by atoms with van der Waals surface area (Å²) in [5.74, 6) is 5.07. The highest BCUT2D eigenvalue weighted by molar-refractivity contribution is 5.80. The lowest BCUT2D eigenvalue weighted by molar-refractivity contribution is 1.26. The third-order valence-corrected chi connectivity index (χ3v) is 2.13. The van der Waals surface area contributed by atoms with Gasteiger partial charge in [0.1, 0.15) is 0 Å². The van der Waals surface area contributed by atoms with Crippen LogP contribution in [0.1, 0.15) is 5.56 Å². The van der Waals surface area contributed by atoms with Gasteiger partial charge >= 0.3 is 0 Å². The predicted octanol–water partition coefficient (Wildman–Crippen LogP) is 2.32. The molecule has 0 unspecified atom stereocenters. The Bertz CT molecular complexity index is 520. The maximum atomic E-state index is 6.50. The van der Waals surface area contributed by atoms with Crippen LogP contribution in [-0.4, -0.2) is 11.2 Å². The molecule has 0 radical (unpaired) electrons. The molecule has 0 saturated heterocycles. The quantitative estimate of drug-likeness (QED) is 0.503. The average Bonchev–Trinajstić information content (AvgIpc) is 2.53. The van der Waals surface area contributed by atoms with Gasteiger partial charge in [0.15, 0.2) is 0 Å². The lowest BCUT2D eigenvalue weighted by Crippen LogP contribution is -1.86. The van der Waals surface area contributed by atoms with Crippen LogP contribution in [-0.2, 0) is 0 Å². The molecule has 5 nitrogen and oxygen atoms in total. The maximum Gasteiger partial charge on any atom is 0.0538 e. The zero-order valence-corrected chi connectivity index (χ0v) is 10.2. The van der Waals surface area contributed by atoms with Crippen molar-refractivity contribution in [3.63, 3.8) is 0 Å². The molecule has 1 heterocycles. The zero-order chi connectivity index (χ0) is 14.5. The molecule has 0 aliphatic rings. The van der Waals surface area contributed by atoms with Crippen LogP contribution in [0.5, 0.6) is 0 Å². The molecular weight excluding hydrogens is 238 g/mol. The van der Waals surface area contributed by atoms with Gasteiger partial charge in [0.2, 0.25) is 0 Å². The summed E-state index contributed by atoms with van der Waals surface area (Å²) in [6, 6.07) is 11.9. The first-order chi connectivity index (χ1) is 9.40. The standard InChI is InChI=1S/C12H11N3.2CHN/c13-15-8-10-3-5-11(6-4-10)12-2-1-7-14-9-12;2*1-2/h1-9H,13H2;2*1H. The second-order valence-electron chi connectivity index (χ2n) is 3.14. The van der Waals surface area contributed by atoms with Gasteiger partial charge in [-0.15, -0.1) is 0 Å². The molecule has 5 heteroatoms. The summed E-state index contributed by atoms with van der Waals surface area (Å²) in [7, 11) is 0. The molecule has 1 aromatic heterocycles. The summed E-state index contributed by atoms with van der Waals surface area (Å²) in [4.78, 5) is 4.07. The molecule has 2 aromatic rings. The van der Waals surface area contributed by atoms with Gasteiger partial charge in [-0.1, -0.05) is 30.3 Å². The van der Waals surface area contributed by atoms with Gasteiger partial charge in [0, 0.05) is 25.5 Å². The van der Waals surface area contributed by atoms with Crippen molar-refractivity contribution < 1.29 is 0 Å². The Labute approximate surface area is 112 Å². The fourth-order valence-corrected chi connectivity index (χ4v) is 1.38. The molecule has 0 atom stereocenters. The number of nitrogens with two attached hydrogens (primary N) is 1. The van der Waals surface area contributed by atoms with Crippen LogP contribution in [0.2, 0.25) is 0 Å². The first-order valence-corrected chi connectivity index (χ1v) is 5.15. The van der Waals surface area contributed by atoms with Crippen LogP contribution in [0.4, 0.5) is 0 Å². The smallest absolute Gasteiger partial charge is 0.0538 e. The van der Waals surface area contributed by atoms with E-state index in [1.165, 1.54) is 0 Å². The van der Waals surface area contributed by atoms with Crippen molar-refractivity contribution in [3.05, 3.63) is 54.4 Å². The molecule has 0 fully saturated rings. The van der Waals surface area contributed by atoms with Crippen molar-refractivity contribution >= 4 is 6.21 Å². The highest BCUT2D eigenvalue weighted by atomic mass is 15.1. The molecule has 0 amide bonds. The van der Waals surface area contributed by atoms with Crippen molar-refractivity contribution in [2.24, 2.45) is 10.9 Å². The van der Waals surface area contributed by atoms with Crippen molar-refractivity contribution in [1.82, 2.24) is 4.98 Å². The highest BCUT2D eigenvalue weighted by Crippen LogP contribution is 2.17. The Morgan fingerprint density at radius 3 is 2.11 bits per heavy atom. The number of nitrogens with zero attached hydrogens (tertiary/aromatic N) is 4. The Balaban J connectivity index is 0.000000741. The minimum Gasteiger partial charge on any atom is -0.323 e. The molecule has 0 spiro atoms. The number of hydrogen-bond acceptors (Lipinski definition) is 5. The van der Waals surface area contributed by atoms with E-state index >= 15 is 0 Å². The number of pyridine rings is 1. The second-order valence-corrected chi connectivity index (χ2v) is 3.14. The Morgan fingerprint density at radius 2 is 1.63 bits per heavy atom. The van der Waals surface area contributed by atoms with E-state index in [0.29, 0.717) is 0 Å². The third-order valence-electron chi connectivity index (χ3n) is 2.13. The normalized spacial score (nSPS) is 8.63. The van der Waals surface area contributed by atoms with Crippen molar-refractivity contribution in [2.45, 2.75) is 0 Å². The third kappa shape index (κ3) is 5.12. The minimum absolute atomic E-state index is 0.991. The van der Waals surface area contributed by atoms with Gasteiger partial charge in [-0.2, -0.15) is 5.10 Å². The highest BCUT2D eigenvalue weighted by Gasteiger charge is 1.95. The molecule has 1 aromatic carbocycles. The molecule has 19 heavy (non-hydrogen) atoms. The zero-order valence-electron chi connectivity index (χ0n) is 10.2. The van der Waals surface area contributed by atoms with Crippen molar-refractivity contribution in [1.29, 1.82) is 10.5 Å². The minimum atomic E-state index is 0.991. The van der Waals surface area contributed by atoms with E-state index in [-0.39, 0.29) is 0 Å². The summed E-state index contributed by atoms with van der Waals surface area (Å²) >= 11 is 0. The van der Waals surface area contributed by atoms with Crippen LogP contribution in [0.25, 0.3) is 11.1 Å². The van der Waals surface area contributed by atoms with Gasteiger partial charge in [-0.25, -0.2) is 10.5 Å². The topological polar surface area (TPSA) is 98.8 Å². The fourth-order valence-electron chi connectivity index (χ4n) is 1.38. The predicted molar refractivity (Wildman–Crippen MR) is 74.8 cm³/mol. The van der Waals surface area contributed by atoms with Crippen molar-refractivity contribution in [3.8, 4) is 24.3 Å². The van der Waals surface area contributed by atoms with Crippen molar-refractivity contribution in [2.75, 3.05) is 0 Å². The van der Waals surface area contributed by atoms with Crippen LogP contribution in [0, 0.1) is 23.7 Å². The molecule has 2 rings (SSSR count). The Kier molecular flexibility index (Phi) is 8.33. The summed E-state index contributed by atoms with van der Waals surface area (Å²) in [5.41, 5.74) is 3.23. The van der Waals surface area contributed by atoms with Gasteiger partial charge in [-0.05, 0) is 22.8 Å². The van der Waals surface area contributed by atoms with Crippen LogP contribution in [0.3, 0.4) is 0 Å². The molecule has 0 saturated carbocycles. The van der Waals surface area contributed by atoms with Crippen LogP contribution in [0.15, 0.2) is 53.9 Å². The SMILES string of the molecule is C#N.C#N.NN=Cc1ccc(-c2cccnc2)cc1. The molecule has 2 N–H and O–H groups in total. The number of hydrogen-bond donors (Lipinski definition) is 1. The first kappa shape index (κ1) is 15.8. The fraction of sp³-hybridized carbons (Fsp3) is 0. The van der Waals surface area contributed by atoms with Crippen LogP contribution < -0.4 is 5.84 Å². The molecule has 94 valence electrons. The lowest BCUT2D eigenvalue weighted by Gasteiger charge is -2.00. The molecule has 0 aliphatic carbocycles. The van der Waals surface area contributed by atoms with E-state index < -0.39 is 0 Å². The lowest BCUT2D eigenvalue weighted by atomic mass is 10.1. The monoisotopic (exact) mass is 251 g/mol. The number of nitriles is 2. The van der Waals surface area contributed by atoms with Gasteiger partial charge < -0.3 is 5.84 Å². The molecule has 0 aliphatic heterocycles. The van der Waals surface area contributed by atoms with Gasteiger partial charge in [0.05, 0.1) is 6.21 Å². The van der Waals surface area contributed by atoms with E-state index in [0.717, 1.165) is 16.7 Å². The van der Waals surface area contributed by atoms with E-state index in [9.17, 15) is 0 Å². The summed E-state index contributed by atoms with van der Waals surface area (Å²) in [6.07, 6.45) is 5.22. The largest absolute Gasteiger partial charge is 0.323 e. The van der Waals surface area contributed by atoms with Crippen LogP contribution >= 0.6 is 0 Å². The summed E-state index contributed by atoms with van der Waals surface area (Å²) in [5, 5.41) is 16.5. The number of hydrazone groups is 1. The first-order valence-electron chi connectivity index (χ1n) is 5.15. The molecule has 0 bridgehead atoms. The van der Waals surface area contributed by atoms with E-state index in [4.69, 9.17) is 16.4 Å². The van der Waals surface area contributed by atoms with E-state index in [2.05, 4.69) is 23.2 Å². The van der Waals surface area contributed by atoms with E-state index in [1.54, 1.807) is 12.4 Å². The van der Waals surface area contributed by atoms with E-state index in [1.807, 2.05) is 42.6 Å². The number of aromatic nitrogens is 1. The summed E-state index contributed by atoms with van der Waals surface area (Å²) in [6.45, 7) is 7.00. The second kappa shape index (κ2) is 10.0. The Hall–Kier alpha value is -3.18. The summed E-state index contributed by atoms with van der Waals surface area (Å²) < 4.78 is 0. The van der Waals surface area contributed by atoms with Gasteiger partial charge in [0.25, 0.3) is 0 Å². The Morgan fingerprint density at radius 1 is 1.00 bits per heavy atom. The van der Waals surface area contributed by atoms with Gasteiger partial charge in [-0.3, -0.25) is 4.98 Å². The average molecular weight is 251 g/mol.